The SMILES string of the molecule is COc1cc(OC)c(OC)cc1/C=C1/Oc2c(ccc3c2C(c2ccc(SC)cc2)CC(=O)O3)C1=O. The number of ether oxygens (including phenoxy) is 5. The number of methoxy groups -OCH3 is 3. The van der Waals surface area contributed by atoms with E-state index in [0.717, 1.165) is 10.5 Å². The summed E-state index contributed by atoms with van der Waals surface area (Å²) in [6, 6.07) is 14.7. The summed E-state index contributed by atoms with van der Waals surface area (Å²) in [7, 11) is 4.61. The molecule has 36 heavy (non-hydrogen) atoms. The Morgan fingerprint density at radius 1 is 0.889 bits per heavy atom. The fraction of sp³-hybridized carbons (Fsp3) is 0.214. The molecule has 2 heterocycles. The van der Waals surface area contributed by atoms with E-state index in [9.17, 15) is 9.59 Å². The summed E-state index contributed by atoms with van der Waals surface area (Å²) in [4.78, 5) is 26.9. The summed E-state index contributed by atoms with van der Waals surface area (Å²) >= 11 is 1.64. The zero-order chi connectivity index (χ0) is 25.4. The van der Waals surface area contributed by atoms with Crippen molar-refractivity contribution in [2.75, 3.05) is 27.6 Å². The summed E-state index contributed by atoms with van der Waals surface area (Å²) in [5.41, 5.74) is 2.66. The van der Waals surface area contributed by atoms with E-state index in [1.807, 2.05) is 30.5 Å². The van der Waals surface area contributed by atoms with Gasteiger partial charge in [-0.15, -0.1) is 11.8 Å². The van der Waals surface area contributed by atoms with Gasteiger partial charge in [0.1, 0.15) is 17.2 Å². The van der Waals surface area contributed by atoms with Crippen LogP contribution in [-0.2, 0) is 4.79 Å². The lowest BCUT2D eigenvalue weighted by Crippen LogP contribution is -2.21. The number of carbonyl (C=O) groups excluding carboxylic acids is 2. The maximum absolute atomic E-state index is 13.4. The van der Waals surface area contributed by atoms with Gasteiger partial charge in [-0.25, -0.2) is 0 Å². The van der Waals surface area contributed by atoms with Crippen LogP contribution in [0.25, 0.3) is 6.08 Å². The first kappa shape index (κ1) is 23.8. The molecule has 0 amide bonds. The van der Waals surface area contributed by atoms with Gasteiger partial charge in [0.25, 0.3) is 0 Å². The largest absolute Gasteiger partial charge is 0.496 e. The molecule has 7 nitrogen and oxygen atoms in total. The van der Waals surface area contributed by atoms with E-state index in [4.69, 9.17) is 23.7 Å². The highest BCUT2D eigenvalue weighted by Gasteiger charge is 2.38. The number of esters is 1. The summed E-state index contributed by atoms with van der Waals surface area (Å²) in [5.74, 6) is 1.56. The molecule has 2 aliphatic rings. The van der Waals surface area contributed by atoms with Crippen molar-refractivity contribution in [1.82, 2.24) is 0 Å². The van der Waals surface area contributed by atoms with Crippen molar-refractivity contribution in [2.24, 2.45) is 0 Å². The number of Topliss-reactive ketones (excluding diaryl/α,β-unsaturated/α-hetero) is 1. The number of ketones is 1. The van der Waals surface area contributed by atoms with Crippen molar-refractivity contribution in [1.29, 1.82) is 0 Å². The van der Waals surface area contributed by atoms with Crippen LogP contribution < -0.4 is 23.7 Å². The van der Waals surface area contributed by atoms with Gasteiger partial charge in [0.15, 0.2) is 17.3 Å². The molecule has 0 N–H and O–H groups in total. The Morgan fingerprint density at radius 2 is 1.58 bits per heavy atom. The van der Waals surface area contributed by atoms with Crippen molar-refractivity contribution >= 4 is 29.6 Å². The smallest absolute Gasteiger partial charge is 0.312 e. The average Bonchev–Trinajstić information content (AvgIpc) is 3.22. The first-order chi connectivity index (χ1) is 17.5. The molecule has 0 radical (unpaired) electrons. The third-order valence-corrected chi connectivity index (χ3v) is 7.06. The number of rotatable bonds is 6. The molecule has 5 rings (SSSR count). The van der Waals surface area contributed by atoms with Gasteiger partial charge >= 0.3 is 5.97 Å². The predicted octanol–water partition coefficient (Wildman–Crippen LogP) is 5.49. The number of carbonyl (C=O) groups is 2. The Bertz CT molecular complexity index is 1390. The Morgan fingerprint density at radius 3 is 2.25 bits per heavy atom. The highest BCUT2D eigenvalue weighted by molar-refractivity contribution is 7.98. The standard InChI is InChI=1S/C28H24O7S/c1-31-21-14-23(33-3)22(32-2)11-16(21)12-24-27(30)18-9-10-20-26(28(18)35-24)19(13-25(29)34-20)15-5-7-17(36-4)8-6-15/h5-12,14,19H,13H2,1-4H3/b24-12+. The van der Waals surface area contributed by atoms with Gasteiger partial charge in [-0.05, 0) is 48.2 Å². The second kappa shape index (κ2) is 9.62. The van der Waals surface area contributed by atoms with Crippen LogP contribution in [0.1, 0.15) is 39.4 Å². The molecular weight excluding hydrogens is 480 g/mol. The zero-order valence-electron chi connectivity index (χ0n) is 20.2. The van der Waals surface area contributed by atoms with E-state index >= 15 is 0 Å². The maximum atomic E-state index is 13.4. The highest BCUT2D eigenvalue weighted by atomic mass is 32.2. The zero-order valence-corrected chi connectivity index (χ0v) is 21.1. The van der Waals surface area contributed by atoms with E-state index in [0.29, 0.717) is 45.4 Å². The van der Waals surface area contributed by atoms with Gasteiger partial charge in [-0.1, -0.05) is 12.1 Å². The lowest BCUT2D eigenvalue weighted by atomic mass is 9.85. The van der Waals surface area contributed by atoms with Crippen molar-refractivity contribution in [3.05, 3.63) is 76.5 Å². The van der Waals surface area contributed by atoms with Gasteiger partial charge in [0.2, 0.25) is 5.78 Å². The molecule has 0 bridgehead atoms. The summed E-state index contributed by atoms with van der Waals surface area (Å²) in [5, 5.41) is 0. The minimum Gasteiger partial charge on any atom is -0.496 e. The van der Waals surface area contributed by atoms with Crippen LogP contribution >= 0.6 is 11.8 Å². The first-order valence-corrected chi connectivity index (χ1v) is 12.5. The van der Waals surface area contributed by atoms with E-state index in [2.05, 4.69) is 0 Å². The molecule has 184 valence electrons. The van der Waals surface area contributed by atoms with Gasteiger partial charge in [0, 0.05) is 28.0 Å². The van der Waals surface area contributed by atoms with Crippen molar-refractivity contribution in [3.8, 4) is 28.7 Å². The molecule has 0 aliphatic carbocycles. The molecule has 0 saturated heterocycles. The molecule has 0 fully saturated rings. The first-order valence-electron chi connectivity index (χ1n) is 11.2. The van der Waals surface area contributed by atoms with Crippen LogP contribution in [0.5, 0.6) is 28.7 Å². The molecule has 8 heteroatoms. The molecule has 1 atom stereocenters. The average molecular weight is 505 g/mol. The van der Waals surface area contributed by atoms with Crippen molar-refractivity contribution < 1.29 is 33.3 Å². The van der Waals surface area contributed by atoms with E-state index < -0.39 is 0 Å². The summed E-state index contributed by atoms with van der Waals surface area (Å²) < 4.78 is 28.0. The van der Waals surface area contributed by atoms with E-state index in [1.165, 1.54) is 21.3 Å². The van der Waals surface area contributed by atoms with Gasteiger partial charge in [-0.2, -0.15) is 0 Å². The number of thioether (sulfide) groups is 1. The van der Waals surface area contributed by atoms with Crippen LogP contribution in [-0.4, -0.2) is 39.3 Å². The normalized spacial score (nSPS) is 17.2. The molecule has 0 saturated carbocycles. The second-order valence-corrected chi connectivity index (χ2v) is 9.13. The Balaban J connectivity index is 1.59. The van der Waals surface area contributed by atoms with Gasteiger partial charge in [0.05, 0.1) is 33.3 Å². The Hall–Kier alpha value is -3.91. The maximum Gasteiger partial charge on any atom is 0.312 e. The number of hydrogen-bond donors (Lipinski definition) is 0. The number of benzene rings is 3. The quantitative estimate of drug-likeness (QED) is 0.189. The van der Waals surface area contributed by atoms with Crippen molar-refractivity contribution in [2.45, 2.75) is 17.2 Å². The molecular formula is C28H24O7S. The number of fused-ring (bicyclic) bond motifs is 3. The monoisotopic (exact) mass is 504 g/mol. The number of allylic oxidation sites excluding steroid dienone is 1. The van der Waals surface area contributed by atoms with Crippen LogP contribution in [0.4, 0.5) is 0 Å². The van der Waals surface area contributed by atoms with Gasteiger partial charge in [-0.3, -0.25) is 9.59 Å². The lowest BCUT2D eigenvalue weighted by Gasteiger charge is -2.26. The molecule has 1 unspecified atom stereocenters. The minimum absolute atomic E-state index is 0.136. The van der Waals surface area contributed by atoms with Crippen LogP contribution in [0.3, 0.4) is 0 Å². The molecule has 0 spiro atoms. The van der Waals surface area contributed by atoms with Crippen LogP contribution in [0, 0.1) is 0 Å². The fourth-order valence-corrected chi connectivity index (χ4v) is 4.94. The fourth-order valence-electron chi connectivity index (χ4n) is 4.53. The molecule has 0 aromatic heterocycles. The van der Waals surface area contributed by atoms with Crippen LogP contribution in [0.2, 0.25) is 0 Å². The number of hydrogen-bond acceptors (Lipinski definition) is 8. The van der Waals surface area contributed by atoms with Gasteiger partial charge < -0.3 is 23.7 Å². The second-order valence-electron chi connectivity index (χ2n) is 8.25. The highest BCUT2D eigenvalue weighted by Crippen LogP contribution is 2.49. The van der Waals surface area contributed by atoms with Crippen molar-refractivity contribution in [3.63, 3.8) is 0 Å². The summed E-state index contributed by atoms with van der Waals surface area (Å²) in [6.45, 7) is 0. The summed E-state index contributed by atoms with van der Waals surface area (Å²) in [6.07, 6.45) is 3.78. The molecule has 2 aliphatic heterocycles. The molecule has 3 aromatic carbocycles. The Kier molecular flexibility index (Phi) is 6.36. The topological polar surface area (TPSA) is 80.3 Å². The third kappa shape index (κ3) is 4.07. The predicted molar refractivity (Wildman–Crippen MR) is 136 cm³/mol. The van der Waals surface area contributed by atoms with Crippen LogP contribution in [0.15, 0.2) is 59.2 Å². The lowest BCUT2D eigenvalue weighted by molar-refractivity contribution is -0.135. The van der Waals surface area contributed by atoms with E-state index in [-0.39, 0.29) is 29.9 Å². The Labute approximate surface area is 213 Å². The molecule has 3 aromatic rings. The third-order valence-electron chi connectivity index (χ3n) is 6.32. The minimum atomic E-state index is -0.323. The van der Waals surface area contributed by atoms with E-state index in [1.54, 1.807) is 42.1 Å².